The first kappa shape index (κ1) is 56.9. The van der Waals surface area contributed by atoms with E-state index in [1.54, 1.807) is 62.4 Å². The van der Waals surface area contributed by atoms with Crippen molar-refractivity contribution in [1.29, 1.82) is 0 Å². The van der Waals surface area contributed by atoms with Gasteiger partial charge in [0.1, 0.15) is 24.7 Å². The summed E-state index contributed by atoms with van der Waals surface area (Å²) in [6.45, 7) is 3.84. The van der Waals surface area contributed by atoms with E-state index in [0.717, 1.165) is 57.6 Å². The maximum absolute atomic E-state index is 12.8. The molecule has 0 bridgehead atoms. The molecule has 0 spiro atoms. The van der Waals surface area contributed by atoms with Crippen molar-refractivity contribution in [3.63, 3.8) is 0 Å². The van der Waals surface area contributed by atoms with Crippen LogP contribution in [0.1, 0.15) is 71.9 Å². The molecule has 0 saturated heterocycles. The summed E-state index contributed by atoms with van der Waals surface area (Å²) in [5.74, 6) is 9.19. The first-order valence-electron chi connectivity index (χ1n) is 19.7. The van der Waals surface area contributed by atoms with Crippen molar-refractivity contribution in [1.82, 2.24) is 0 Å². The van der Waals surface area contributed by atoms with Crippen LogP contribution >= 0.6 is 0 Å². The Morgan fingerprint density at radius 2 is 0.836 bits per heavy atom. The molecule has 0 radical (unpaired) electrons. The minimum atomic E-state index is -4.36. The molecule has 6 rings (SSSR count). The van der Waals surface area contributed by atoms with Crippen LogP contribution in [0.15, 0.2) is 146 Å². The van der Waals surface area contributed by atoms with E-state index < -0.39 is 47.3 Å². The molecular weight excluding hydrogens is 907 g/mol. The average Bonchev–Trinajstić information content (AvgIpc) is 3.27. The molecule has 0 saturated carbocycles. The van der Waals surface area contributed by atoms with Crippen molar-refractivity contribution < 1.29 is 66.6 Å². The molecule has 15 heteroatoms. The number of ether oxygens (including phenoxy) is 2. The second-order valence-corrected chi connectivity index (χ2v) is 14.3. The third-order valence-electron chi connectivity index (χ3n) is 9.70. The van der Waals surface area contributed by atoms with Gasteiger partial charge in [-0.2, -0.15) is 26.3 Å². The van der Waals surface area contributed by atoms with E-state index in [9.17, 15) is 46.1 Å². The van der Waals surface area contributed by atoms with Crippen LogP contribution < -0.4 is 19.7 Å². The number of hydrogen-bond donors (Lipinski definition) is 0. The minimum Gasteiger partial charge on any atom is -0.550 e. The van der Waals surface area contributed by atoms with Crippen LogP contribution in [0.25, 0.3) is 22.3 Å². The molecule has 6 aromatic rings. The van der Waals surface area contributed by atoms with Gasteiger partial charge in [-0.25, -0.2) is 0 Å². The van der Waals surface area contributed by atoms with Crippen molar-refractivity contribution in [2.45, 2.75) is 64.1 Å². The molecule has 4 N–H and O–H groups in total. The van der Waals surface area contributed by atoms with Gasteiger partial charge in [0.05, 0.1) is 23.0 Å². The second kappa shape index (κ2) is 26.8. The smallest absolute Gasteiger partial charge is 0.550 e. The summed E-state index contributed by atoms with van der Waals surface area (Å²) in [5.41, 5.74) is 4.82. The Balaban J connectivity index is 0.000000440. The molecule has 2 atom stereocenters. The van der Waals surface area contributed by atoms with E-state index >= 15 is 0 Å². The molecular formula is C52H44CaF6O8. The van der Waals surface area contributed by atoms with Crippen LogP contribution in [0, 0.1) is 23.7 Å². The van der Waals surface area contributed by atoms with Crippen LogP contribution in [-0.4, -0.2) is 60.6 Å². The zero-order chi connectivity index (χ0) is 46.3. The Morgan fingerprint density at radius 3 is 1.12 bits per heavy atom. The quantitative estimate of drug-likeness (QED) is 0.0606. The molecule has 0 aromatic heterocycles. The van der Waals surface area contributed by atoms with Crippen LogP contribution in [0.2, 0.25) is 0 Å². The number of alkyl halides is 6. The summed E-state index contributed by atoms with van der Waals surface area (Å²) in [5, 5.41) is 21.8. The predicted octanol–water partition coefficient (Wildman–Crippen LogP) is 8.37. The van der Waals surface area contributed by atoms with Gasteiger partial charge in [-0.3, -0.25) is 0 Å². The van der Waals surface area contributed by atoms with Gasteiger partial charge >= 0.3 is 50.1 Å². The first-order chi connectivity index (χ1) is 30.5. The molecule has 0 heterocycles. The molecule has 6 aromatic carbocycles. The van der Waals surface area contributed by atoms with Gasteiger partial charge in [0.2, 0.25) is 0 Å². The normalized spacial score (nSPS) is 11.3. The third-order valence-corrected chi connectivity index (χ3v) is 9.70. The van der Waals surface area contributed by atoms with Gasteiger partial charge < -0.3 is 40.2 Å². The number of carbonyl (C=O) groups is 2. The third kappa shape index (κ3) is 17.8. The zero-order valence-electron chi connectivity index (χ0n) is 36.3. The Hall–Kier alpha value is -6.26. The SMILES string of the molecule is CC#C[C@@H](CC(=O)[O-])c1ccc(OCc2cccc(-c3ccc(C(F)(F)F)cc3)c2)cc1.CC#C[C@@H](CC(=O)[O-])c1ccc(OCc2cccc(-c3ccc(C(F)(F)F)cc3)c2)cc1.O.O.[Ca+2]. The maximum Gasteiger partial charge on any atom is 2.00 e. The van der Waals surface area contributed by atoms with E-state index in [1.807, 2.05) is 48.5 Å². The van der Waals surface area contributed by atoms with Crippen molar-refractivity contribution in [2.75, 3.05) is 0 Å². The fourth-order valence-electron chi connectivity index (χ4n) is 6.50. The standard InChI is InChI=1S/2C26H21F3O3.Ca.2H2O/c2*1-2-4-21(16-25(30)31)20-9-13-24(14-10-20)32-17-18-5-3-6-22(15-18)19-7-11-23(12-8-19)26(27,28)29;;;/h2*3,5-15,21H,16-17H2,1H3,(H,30,31);;2*1H2/q;;+2;;/p-2/t2*21-;;;/m00.../s1. The zero-order valence-corrected chi connectivity index (χ0v) is 38.5. The summed E-state index contributed by atoms with van der Waals surface area (Å²) in [6, 6.07) is 38.9. The molecule has 344 valence electrons. The van der Waals surface area contributed by atoms with Crippen molar-refractivity contribution >= 4 is 49.7 Å². The Kier molecular flexibility index (Phi) is 22.7. The first-order valence-corrected chi connectivity index (χ1v) is 19.7. The number of aliphatic carboxylic acids is 2. The van der Waals surface area contributed by atoms with Gasteiger partial charge in [0.15, 0.2) is 0 Å². The van der Waals surface area contributed by atoms with Crippen molar-refractivity contribution in [3.05, 3.63) is 179 Å². The monoisotopic (exact) mass is 950 g/mol. The average molecular weight is 951 g/mol. The van der Waals surface area contributed by atoms with Gasteiger partial charge in [0.25, 0.3) is 0 Å². The fourth-order valence-corrected chi connectivity index (χ4v) is 6.50. The second-order valence-electron chi connectivity index (χ2n) is 14.3. The van der Waals surface area contributed by atoms with E-state index in [1.165, 1.54) is 24.3 Å². The van der Waals surface area contributed by atoms with E-state index in [0.29, 0.717) is 22.6 Å². The van der Waals surface area contributed by atoms with Crippen LogP contribution in [0.5, 0.6) is 11.5 Å². The summed E-state index contributed by atoms with van der Waals surface area (Å²) >= 11 is 0. The van der Waals surface area contributed by atoms with E-state index in [4.69, 9.17) is 9.47 Å². The summed E-state index contributed by atoms with van der Waals surface area (Å²) in [7, 11) is 0. The summed E-state index contributed by atoms with van der Waals surface area (Å²) < 4.78 is 88.2. The largest absolute Gasteiger partial charge is 2.00 e. The van der Waals surface area contributed by atoms with Gasteiger partial charge in [0, 0.05) is 24.8 Å². The number of carbonyl (C=O) groups excluding carboxylic acids is 2. The Labute approximate surface area is 414 Å². The molecule has 0 aliphatic heterocycles. The Bertz CT molecular complexity index is 2440. The number of benzene rings is 6. The van der Waals surface area contributed by atoms with E-state index in [-0.39, 0.29) is 74.7 Å². The topological polar surface area (TPSA) is 162 Å². The molecule has 8 nitrogen and oxygen atoms in total. The minimum absolute atomic E-state index is 0. The van der Waals surface area contributed by atoms with Gasteiger partial charge in [-0.15, -0.1) is 11.8 Å². The van der Waals surface area contributed by atoms with Crippen LogP contribution in [0.3, 0.4) is 0 Å². The fraction of sp³-hybridized carbons (Fsp3) is 0.192. The number of halogens is 6. The van der Waals surface area contributed by atoms with Gasteiger partial charge in [-0.05, 0) is 119 Å². The molecule has 0 amide bonds. The molecule has 0 aliphatic carbocycles. The van der Waals surface area contributed by atoms with Crippen molar-refractivity contribution in [3.8, 4) is 57.4 Å². The predicted molar refractivity (Wildman–Crippen MR) is 240 cm³/mol. The molecule has 67 heavy (non-hydrogen) atoms. The number of rotatable bonds is 14. The van der Waals surface area contributed by atoms with Crippen LogP contribution in [0.4, 0.5) is 26.3 Å². The van der Waals surface area contributed by atoms with E-state index in [2.05, 4.69) is 23.7 Å². The number of hydrogen-bond acceptors (Lipinski definition) is 6. The summed E-state index contributed by atoms with van der Waals surface area (Å²) in [4.78, 5) is 21.8. The maximum atomic E-state index is 12.8. The van der Waals surface area contributed by atoms with Crippen molar-refractivity contribution in [2.24, 2.45) is 0 Å². The van der Waals surface area contributed by atoms with Gasteiger partial charge in [-0.1, -0.05) is 96.8 Å². The molecule has 0 unspecified atom stereocenters. The number of carboxylic acids is 2. The Morgan fingerprint density at radius 1 is 0.507 bits per heavy atom. The number of carboxylic acid groups (broad SMARTS) is 2. The molecule has 0 aliphatic rings. The summed E-state index contributed by atoms with van der Waals surface area (Å²) in [6.07, 6.45) is -9.09. The molecule has 0 fully saturated rings. The van der Waals surface area contributed by atoms with Crippen LogP contribution in [-0.2, 0) is 35.2 Å².